The van der Waals surface area contributed by atoms with Crippen molar-refractivity contribution in [3.8, 4) is 0 Å². The molecule has 2 aliphatic heterocycles. The van der Waals surface area contributed by atoms with E-state index in [9.17, 15) is 13.6 Å². The molecule has 2 aliphatic rings. The van der Waals surface area contributed by atoms with E-state index in [4.69, 9.17) is 23.2 Å². The molecule has 0 aliphatic carbocycles. The van der Waals surface area contributed by atoms with Gasteiger partial charge in [-0.3, -0.25) is 9.69 Å². The minimum absolute atomic E-state index is 0.302. The molecular formula is C27H24Cl2F2N2O. The average Bonchev–Trinajstić information content (AvgIpc) is 3.10. The van der Waals surface area contributed by atoms with Crippen molar-refractivity contribution in [1.29, 1.82) is 0 Å². The monoisotopic (exact) mass is 500 g/mol. The van der Waals surface area contributed by atoms with E-state index in [1.807, 2.05) is 18.2 Å². The highest BCUT2D eigenvalue weighted by Gasteiger charge is 2.47. The van der Waals surface area contributed by atoms with Crippen LogP contribution in [-0.2, 0) is 12.0 Å². The topological polar surface area (TPSA) is 23.6 Å². The second-order valence-electron chi connectivity index (χ2n) is 9.28. The summed E-state index contributed by atoms with van der Waals surface area (Å²) in [6, 6.07) is 14.8. The summed E-state index contributed by atoms with van der Waals surface area (Å²) in [5.41, 5.74) is 3.24. The van der Waals surface area contributed by atoms with Gasteiger partial charge >= 0.3 is 0 Å². The van der Waals surface area contributed by atoms with Crippen LogP contribution in [0.5, 0.6) is 0 Å². The van der Waals surface area contributed by atoms with Gasteiger partial charge in [-0.2, -0.15) is 0 Å². The number of hydrogen-bond donors (Lipinski definition) is 0. The molecule has 2 heterocycles. The first-order valence-electron chi connectivity index (χ1n) is 11.3. The fourth-order valence-corrected chi connectivity index (χ4v) is 5.70. The zero-order valence-electron chi connectivity index (χ0n) is 18.8. The Hall–Kier alpha value is -2.47. The van der Waals surface area contributed by atoms with Crippen molar-refractivity contribution in [1.82, 2.24) is 4.90 Å². The molecule has 3 nitrogen and oxygen atoms in total. The third kappa shape index (κ3) is 4.10. The number of aryl methyl sites for hydroxylation is 1. The van der Waals surface area contributed by atoms with E-state index in [1.165, 1.54) is 16.5 Å². The SMILES string of the molecule is Cc1cc(Cl)ccc1CN1CCC2(CC1)CN(C(=O)c1c(F)cccc1F)c1ccc(Cl)cc12. The van der Waals surface area contributed by atoms with Crippen LogP contribution in [0.1, 0.15) is 39.9 Å². The first kappa shape index (κ1) is 23.3. The Labute approximate surface area is 207 Å². The number of rotatable bonds is 3. The molecule has 34 heavy (non-hydrogen) atoms. The van der Waals surface area contributed by atoms with Gasteiger partial charge in [-0.1, -0.05) is 35.3 Å². The van der Waals surface area contributed by atoms with Crippen molar-refractivity contribution >= 4 is 34.8 Å². The van der Waals surface area contributed by atoms with Crippen molar-refractivity contribution in [3.63, 3.8) is 0 Å². The van der Waals surface area contributed by atoms with Crippen LogP contribution >= 0.6 is 23.2 Å². The minimum atomic E-state index is -0.852. The maximum absolute atomic E-state index is 14.4. The van der Waals surface area contributed by atoms with E-state index in [0.717, 1.165) is 60.8 Å². The average molecular weight is 501 g/mol. The van der Waals surface area contributed by atoms with Crippen molar-refractivity contribution in [2.75, 3.05) is 24.5 Å². The van der Waals surface area contributed by atoms with Crippen LogP contribution in [0.4, 0.5) is 14.5 Å². The van der Waals surface area contributed by atoms with Gasteiger partial charge in [-0.25, -0.2) is 8.78 Å². The molecule has 3 aromatic carbocycles. The maximum Gasteiger partial charge on any atom is 0.264 e. The van der Waals surface area contributed by atoms with Gasteiger partial charge in [0.1, 0.15) is 17.2 Å². The lowest BCUT2D eigenvalue weighted by molar-refractivity contribution is 0.0967. The predicted molar refractivity (Wildman–Crippen MR) is 132 cm³/mol. The van der Waals surface area contributed by atoms with Gasteiger partial charge in [0.05, 0.1) is 0 Å². The molecule has 1 spiro atoms. The Morgan fingerprint density at radius 3 is 2.29 bits per heavy atom. The van der Waals surface area contributed by atoms with Crippen LogP contribution in [0.15, 0.2) is 54.6 Å². The zero-order chi connectivity index (χ0) is 24.0. The van der Waals surface area contributed by atoms with Crippen LogP contribution in [0.2, 0.25) is 10.0 Å². The number of halogens is 4. The maximum atomic E-state index is 14.4. The van der Waals surface area contributed by atoms with Crippen LogP contribution in [0.3, 0.4) is 0 Å². The molecule has 0 saturated carbocycles. The lowest BCUT2D eigenvalue weighted by Crippen LogP contribution is -2.46. The Morgan fingerprint density at radius 1 is 0.971 bits per heavy atom. The Kier molecular flexibility index (Phi) is 6.13. The number of carbonyl (C=O) groups excluding carboxylic acids is 1. The summed E-state index contributed by atoms with van der Waals surface area (Å²) < 4.78 is 28.8. The van der Waals surface area contributed by atoms with Crippen molar-refractivity contribution in [3.05, 3.63) is 98.5 Å². The molecule has 5 rings (SSSR count). The molecule has 0 atom stereocenters. The standard InChI is InChI=1S/C27H24Cl2F2N2O/c1-17-13-19(28)6-5-18(17)15-32-11-9-27(10-12-32)16-33(24-8-7-20(29)14-21(24)27)26(34)25-22(30)3-2-4-23(25)31/h2-8,13-14H,9-12,15-16H2,1H3. The van der Waals surface area contributed by atoms with Gasteiger partial charge in [0.15, 0.2) is 0 Å². The number of hydrogen-bond acceptors (Lipinski definition) is 2. The van der Waals surface area contributed by atoms with E-state index >= 15 is 0 Å². The summed E-state index contributed by atoms with van der Waals surface area (Å²) in [6.07, 6.45) is 1.63. The fourth-order valence-electron chi connectivity index (χ4n) is 5.30. The molecule has 176 valence electrons. The summed E-state index contributed by atoms with van der Waals surface area (Å²) in [7, 11) is 0. The van der Waals surface area contributed by atoms with E-state index in [0.29, 0.717) is 17.3 Å². The lowest BCUT2D eigenvalue weighted by Gasteiger charge is -2.40. The zero-order valence-corrected chi connectivity index (χ0v) is 20.3. The van der Waals surface area contributed by atoms with Crippen LogP contribution in [0.25, 0.3) is 0 Å². The van der Waals surface area contributed by atoms with Gasteiger partial charge in [-0.05, 0) is 92.0 Å². The second kappa shape index (κ2) is 8.95. The Balaban J connectivity index is 1.41. The van der Waals surface area contributed by atoms with Crippen LogP contribution in [0, 0.1) is 18.6 Å². The summed E-state index contributed by atoms with van der Waals surface area (Å²) in [6.45, 7) is 4.94. The third-order valence-electron chi connectivity index (χ3n) is 7.22. The van der Waals surface area contributed by atoms with Crippen molar-refractivity contribution in [2.45, 2.75) is 31.7 Å². The Bertz CT molecular complexity index is 1250. The predicted octanol–water partition coefficient (Wildman–Crippen LogP) is 6.77. The first-order chi connectivity index (χ1) is 16.3. The summed E-state index contributed by atoms with van der Waals surface area (Å²) in [5, 5.41) is 1.32. The van der Waals surface area contributed by atoms with Crippen LogP contribution < -0.4 is 4.90 Å². The number of nitrogens with zero attached hydrogens (tertiary/aromatic N) is 2. The highest BCUT2D eigenvalue weighted by Crippen LogP contribution is 2.48. The molecule has 3 aromatic rings. The third-order valence-corrected chi connectivity index (χ3v) is 7.69. The lowest BCUT2D eigenvalue weighted by atomic mass is 9.74. The molecule has 0 unspecified atom stereocenters. The molecule has 7 heteroatoms. The van der Waals surface area contributed by atoms with E-state index < -0.39 is 23.1 Å². The van der Waals surface area contributed by atoms with E-state index in [1.54, 1.807) is 12.1 Å². The van der Waals surface area contributed by atoms with Gasteiger partial charge in [0.25, 0.3) is 5.91 Å². The number of amides is 1. The van der Waals surface area contributed by atoms with Gasteiger partial charge in [-0.15, -0.1) is 0 Å². The number of benzene rings is 3. The van der Waals surface area contributed by atoms with E-state index in [-0.39, 0.29) is 5.41 Å². The summed E-state index contributed by atoms with van der Waals surface area (Å²) >= 11 is 12.4. The smallest absolute Gasteiger partial charge is 0.264 e. The number of fused-ring (bicyclic) bond motifs is 2. The minimum Gasteiger partial charge on any atom is -0.307 e. The Morgan fingerprint density at radius 2 is 1.62 bits per heavy atom. The fraction of sp³-hybridized carbons (Fsp3) is 0.296. The number of piperidine rings is 1. The van der Waals surface area contributed by atoms with Crippen LogP contribution in [-0.4, -0.2) is 30.4 Å². The molecule has 0 aromatic heterocycles. The highest BCUT2D eigenvalue weighted by atomic mass is 35.5. The first-order valence-corrected chi connectivity index (χ1v) is 12.1. The quantitative estimate of drug-likeness (QED) is 0.395. The number of anilines is 1. The van der Waals surface area contributed by atoms with Gasteiger partial charge < -0.3 is 4.90 Å². The largest absolute Gasteiger partial charge is 0.307 e. The highest BCUT2D eigenvalue weighted by molar-refractivity contribution is 6.31. The normalized spacial score (nSPS) is 17.3. The molecule has 0 N–H and O–H groups in total. The van der Waals surface area contributed by atoms with E-state index in [2.05, 4.69) is 17.9 Å². The molecule has 0 radical (unpaired) electrons. The molecule has 1 fully saturated rings. The molecule has 1 amide bonds. The summed E-state index contributed by atoms with van der Waals surface area (Å²) in [4.78, 5) is 17.2. The summed E-state index contributed by atoms with van der Waals surface area (Å²) in [5.74, 6) is -2.36. The number of carbonyl (C=O) groups is 1. The molecule has 0 bridgehead atoms. The van der Waals surface area contributed by atoms with Crippen molar-refractivity contribution < 1.29 is 13.6 Å². The second-order valence-corrected chi connectivity index (χ2v) is 10.1. The van der Waals surface area contributed by atoms with Gasteiger partial charge in [0.2, 0.25) is 0 Å². The van der Waals surface area contributed by atoms with Gasteiger partial charge in [0, 0.05) is 34.2 Å². The molecular weight excluding hydrogens is 477 g/mol. The van der Waals surface area contributed by atoms with Crippen molar-refractivity contribution in [2.24, 2.45) is 0 Å². The molecule has 1 saturated heterocycles. The number of likely N-dealkylation sites (tertiary alicyclic amines) is 1.